The summed E-state index contributed by atoms with van der Waals surface area (Å²) in [5.41, 5.74) is 1.44. The van der Waals surface area contributed by atoms with E-state index in [2.05, 4.69) is 10.2 Å². The van der Waals surface area contributed by atoms with Gasteiger partial charge >= 0.3 is 0 Å². The highest BCUT2D eigenvalue weighted by Crippen LogP contribution is 2.41. The van der Waals surface area contributed by atoms with E-state index in [0.717, 1.165) is 36.6 Å². The maximum atomic E-state index is 14.3. The van der Waals surface area contributed by atoms with Crippen LogP contribution < -0.4 is 0 Å². The summed E-state index contributed by atoms with van der Waals surface area (Å²) in [4.78, 5) is 26.2. The van der Waals surface area contributed by atoms with Crippen molar-refractivity contribution in [2.24, 2.45) is 0 Å². The molecule has 1 saturated carbocycles. The molecule has 5 rings (SSSR count). The number of hydrogen-bond donors (Lipinski definition) is 0. The minimum atomic E-state index is -0.297. The van der Waals surface area contributed by atoms with Gasteiger partial charge in [-0.25, -0.2) is 4.39 Å². The molecule has 0 unspecified atom stereocenters. The van der Waals surface area contributed by atoms with E-state index in [0.29, 0.717) is 35.1 Å². The Hall–Kier alpha value is -3.00. The number of benzene rings is 2. The van der Waals surface area contributed by atoms with Crippen LogP contribution in [0.15, 0.2) is 53.7 Å². The Kier molecular flexibility index (Phi) is 5.31. The Balaban J connectivity index is 1.19. The van der Waals surface area contributed by atoms with Crippen molar-refractivity contribution < 1.29 is 14.0 Å². The van der Waals surface area contributed by atoms with Crippen LogP contribution in [0.4, 0.5) is 4.39 Å². The number of fused-ring (bicyclic) bond motifs is 1. The highest BCUT2D eigenvalue weighted by atomic mass is 32.2. The average molecular weight is 437 g/mol. The summed E-state index contributed by atoms with van der Waals surface area (Å²) in [6.07, 6.45) is 3.64. The van der Waals surface area contributed by atoms with Crippen LogP contribution in [0.3, 0.4) is 0 Å². The van der Waals surface area contributed by atoms with Crippen molar-refractivity contribution in [3.05, 3.63) is 65.5 Å². The molecule has 1 aliphatic carbocycles. The first kappa shape index (κ1) is 19.9. The van der Waals surface area contributed by atoms with E-state index in [1.165, 1.54) is 11.0 Å². The van der Waals surface area contributed by atoms with Crippen molar-refractivity contribution in [1.82, 2.24) is 19.7 Å². The van der Waals surface area contributed by atoms with Crippen molar-refractivity contribution in [3.8, 4) is 11.4 Å². The molecule has 0 N–H and O–H groups in total. The number of thioether (sulfide) groups is 1. The number of nitrogens with zero attached hydrogens (tertiary/aromatic N) is 4. The fraction of sp³-hybridized carbons (Fsp3) is 0.304. The molecule has 6 nitrogen and oxygen atoms in total. The molecule has 2 aromatic carbocycles. The Morgan fingerprint density at radius 1 is 0.903 bits per heavy atom. The zero-order valence-electron chi connectivity index (χ0n) is 16.8. The lowest BCUT2D eigenvalue weighted by molar-refractivity contribution is 0.0652. The van der Waals surface area contributed by atoms with Gasteiger partial charge < -0.3 is 0 Å². The quantitative estimate of drug-likeness (QED) is 0.294. The van der Waals surface area contributed by atoms with Gasteiger partial charge in [-0.1, -0.05) is 36.0 Å². The molecule has 0 atom stereocenters. The van der Waals surface area contributed by atoms with Crippen LogP contribution in [0.2, 0.25) is 0 Å². The third-order valence-electron chi connectivity index (χ3n) is 5.58. The summed E-state index contributed by atoms with van der Waals surface area (Å²) in [6, 6.07) is 13.9. The predicted molar refractivity (Wildman–Crippen MR) is 115 cm³/mol. The first-order valence-electron chi connectivity index (χ1n) is 10.4. The van der Waals surface area contributed by atoms with E-state index in [-0.39, 0.29) is 17.6 Å². The molecule has 31 heavy (non-hydrogen) atoms. The molecule has 1 fully saturated rings. The third-order valence-corrected chi connectivity index (χ3v) is 6.61. The van der Waals surface area contributed by atoms with Crippen LogP contribution in [0, 0.1) is 5.82 Å². The zero-order chi connectivity index (χ0) is 21.4. The smallest absolute Gasteiger partial charge is 0.261 e. The fourth-order valence-electron chi connectivity index (χ4n) is 3.84. The van der Waals surface area contributed by atoms with E-state index < -0.39 is 0 Å². The second-order valence-electron chi connectivity index (χ2n) is 7.75. The highest BCUT2D eigenvalue weighted by molar-refractivity contribution is 7.99. The Labute approximate surface area is 183 Å². The molecular formula is C23H21FN4O2S. The standard InChI is InChI=1S/C23H21FN4O2S/c24-19-10-4-3-9-18(19)20-25-26-23(28(20)15-11-12-15)31-14-6-5-13-27-21(29)16-7-1-2-8-17(16)22(27)30/h1-4,7-10,15H,5-6,11-14H2. The molecule has 2 aliphatic rings. The minimum Gasteiger partial charge on any atom is -0.299 e. The predicted octanol–water partition coefficient (Wildman–Crippen LogP) is 4.59. The SMILES string of the molecule is O=C1c2ccccc2C(=O)N1CCCCSc1nnc(-c2ccccc2F)n1C1CC1. The van der Waals surface area contributed by atoms with Gasteiger partial charge in [-0.3, -0.25) is 19.1 Å². The monoisotopic (exact) mass is 436 g/mol. The number of imide groups is 1. The largest absolute Gasteiger partial charge is 0.299 e. The summed E-state index contributed by atoms with van der Waals surface area (Å²) in [5, 5.41) is 9.37. The van der Waals surface area contributed by atoms with Gasteiger partial charge in [0.15, 0.2) is 11.0 Å². The van der Waals surface area contributed by atoms with Gasteiger partial charge in [0.25, 0.3) is 11.8 Å². The lowest BCUT2D eigenvalue weighted by Crippen LogP contribution is -2.30. The second kappa shape index (κ2) is 8.26. The molecule has 0 radical (unpaired) electrons. The number of halogens is 1. The number of carbonyl (C=O) groups is 2. The van der Waals surface area contributed by atoms with E-state index in [1.807, 2.05) is 4.57 Å². The van der Waals surface area contributed by atoms with Gasteiger partial charge in [-0.2, -0.15) is 0 Å². The molecule has 0 saturated heterocycles. The molecular weight excluding hydrogens is 415 g/mol. The van der Waals surface area contributed by atoms with Gasteiger partial charge in [0.1, 0.15) is 5.82 Å². The van der Waals surface area contributed by atoms with Crippen LogP contribution in [0.5, 0.6) is 0 Å². The number of amides is 2. The van der Waals surface area contributed by atoms with Gasteiger partial charge in [-0.15, -0.1) is 10.2 Å². The number of carbonyl (C=O) groups excluding carboxylic acids is 2. The highest BCUT2D eigenvalue weighted by Gasteiger charge is 2.34. The van der Waals surface area contributed by atoms with Crippen molar-refractivity contribution in [3.63, 3.8) is 0 Å². The summed E-state index contributed by atoms with van der Waals surface area (Å²) in [5.74, 6) is 0.640. The maximum absolute atomic E-state index is 14.3. The van der Waals surface area contributed by atoms with Crippen LogP contribution in [0.1, 0.15) is 52.4 Å². The number of unbranched alkanes of at least 4 members (excludes halogenated alkanes) is 1. The third kappa shape index (κ3) is 3.76. The van der Waals surface area contributed by atoms with Crippen molar-refractivity contribution in [1.29, 1.82) is 0 Å². The van der Waals surface area contributed by atoms with Gasteiger partial charge in [0.05, 0.1) is 16.7 Å². The van der Waals surface area contributed by atoms with Crippen LogP contribution >= 0.6 is 11.8 Å². The van der Waals surface area contributed by atoms with Crippen LogP contribution in [0.25, 0.3) is 11.4 Å². The molecule has 2 heterocycles. The van der Waals surface area contributed by atoms with Crippen molar-refractivity contribution >= 4 is 23.6 Å². The molecule has 158 valence electrons. The number of rotatable bonds is 8. The first-order valence-corrected chi connectivity index (χ1v) is 11.4. The van der Waals surface area contributed by atoms with Crippen LogP contribution in [-0.4, -0.2) is 43.8 Å². The van der Waals surface area contributed by atoms with E-state index >= 15 is 0 Å². The lowest BCUT2D eigenvalue weighted by atomic mass is 10.1. The van der Waals surface area contributed by atoms with Gasteiger partial charge in [-0.05, 0) is 49.9 Å². The topological polar surface area (TPSA) is 68.1 Å². The van der Waals surface area contributed by atoms with Gasteiger partial charge in [0.2, 0.25) is 0 Å². The maximum Gasteiger partial charge on any atom is 0.261 e. The van der Waals surface area contributed by atoms with Gasteiger partial charge in [0, 0.05) is 18.3 Å². The molecule has 1 aromatic heterocycles. The molecule has 0 spiro atoms. The Morgan fingerprint density at radius 3 is 2.19 bits per heavy atom. The fourth-order valence-corrected chi connectivity index (χ4v) is 4.85. The van der Waals surface area contributed by atoms with Crippen molar-refractivity contribution in [2.75, 3.05) is 12.3 Å². The molecule has 8 heteroatoms. The summed E-state index contributed by atoms with van der Waals surface area (Å²) in [6.45, 7) is 0.405. The molecule has 0 bridgehead atoms. The summed E-state index contributed by atoms with van der Waals surface area (Å²) < 4.78 is 16.3. The Bertz CT molecular complexity index is 1120. The first-order chi connectivity index (χ1) is 15.1. The molecule has 3 aromatic rings. The normalized spacial score (nSPS) is 15.6. The van der Waals surface area contributed by atoms with Crippen LogP contribution in [-0.2, 0) is 0 Å². The van der Waals surface area contributed by atoms with E-state index in [9.17, 15) is 14.0 Å². The second-order valence-corrected chi connectivity index (χ2v) is 8.81. The minimum absolute atomic E-state index is 0.212. The Morgan fingerprint density at radius 2 is 1.55 bits per heavy atom. The van der Waals surface area contributed by atoms with E-state index in [1.54, 1.807) is 54.2 Å². The summed E-state index contributed by atoms with van der Waals surface area (Å²) >= 11 is 1.59. The van der Waals surface area contributed by atoms with E-state index in [4.69, 9.17) is 0 Å². The van der Waals surface area contributed by atoms with Crippen molar-refractivity contribution in [2.45, 2.75) is 36.9 Å². The lowest BCUT2D eigenvalue weighted by Gasteiger charge is -2.13. The molecule has 1 aliphatic heterocycles. The number of hydrogen-bond acceptors (Lipinski definition) is 5. The number of aromatic nitrogens is 3. The molecule has 2 amide bonds. The zero-order valence-corrected chi connectivity index (χ0v) is 17.6. The average Bonchev–Trinajstić information content (AvgIpc) is 3.50. The summed E-state index contributed by atoms with van der Waals surface area (Å²) in [7, 11) is 0.